The molecule has 0 atom stereocenters. The molecule has 1 aliphatic carbocycles. The third-order valence-corrected chi connectivity index (χ3v) is 2.45. The minimum Gasteiger partial charge on any atom is -0.496 e. The van der Waals surface area contributed by atoms with Crippen LogP contribution in [0, 0.1) is 0 Å². The van der Waals surface area contributed by atoms with Crippen molar-refractivity contribution in [1.82, 2.24) is 4.98 Å². The number of methoxy groups -OCH3 is 1. The Morgan fingerprint density at radius 3 is 3.07 bits per heavy atom. The van der Waals surface area contributed by atoms with E-state index in [4.69, 9.17) is 10.5 Å². The molecule has 0 saturated carbocycles. The molecule has 0 amide bonds. The van der Waals surface area contributed by atoms with E-state index in [1.54, 1.807) is 13.3 Å². The van der Waals surface area contributed by atoms with E-state index in [0.29, 0.717) is 5.82 Å². The first-order valence-electron chi connectivity index (χ1n) is 4.98. The molecular formula is C12H14N2O. The average Bonchev–Trinajstić information content (AvgIpc) is 2.21. The lowest BCUT2D eigenvalue weighted by atomic mass is 10.0. The van der Waals surface area contributed by atoms with Gasteiger partial charge >= 0.3 is 0 Å². The summed E-state index contributed by atoms with van der Waals surface area (Å²) in [5, 5.41) is 0. The van der Waals surface area contributed by atoms with Crippen LogP contribution in [0.1, 0.15) is 24.0 Å². The van der Waals surface area contributed by atoms with E-state index in [9.17, 15) is 0 Å². The van der Waals surface area contributed by atoms with Crippen molar-refractivity contribution >= 4 is 17.7 Å². The zero-order valence-electron chi connectivity index (χ0n) is 8.73. The van der Waals surface area contributed by atoms with Gasteiger partial charge in [0.1, 0.15) is 11.6 Å². The molecule has 0 aromatic carbocycles. The number of rotatable bonds is 1. The summed E-state index contributed by atoms with van der Waals surface area (Å²) in [7, 11) is 1.68. The Bertz CT molecular complexity index is 422. The van der Waals surface area contributed by atoms with E-state index in [1.165, 1.54) is 0 Å². The van der Waals surface area contributed by atoms with Gasteiger partial charge in [-0.2, -0.15) is 0 Å². The van der Waals surface area contributed by atoms with Gasteiger partial charge in [-0.25, -0.2) is 4.98 Å². The largest absolute Gasteiger partial charge is 0.496 e. The van der Waals surface area contributed by atoms with Gasteiger partial charge in [-0.05, 0) is 25.0 Å². The highest BCUT2D eigenvalue weighted by atomic mass is 16.5. The van der Waals surface area contributed by atoms with Crippen molar-refractivity contribution in [2.45, 2.75) is 12.8 Å². The maximum Gasteiger partial charge on any atom is 0.131 e. The first-order valence-corrected chi connectivity index (χ1v) is 4.98. The number of nitrogens with zero attached hydrogens (tertiary/aromatic N) is 1. The molecule has 0 fully saturated rings. The van der Waals surface area contributed by atoms with Crippen molar-refractivity contribution < 1.29 is 4.74 Å². The molecule has 78 valence electrons. The monoisotopic (exact) mass is 202 g/mol. The van der Waals surface area contributed by atoms with Gasteiger partial charge < -0.3 is 10.5 Å². The average molecular weight is 202 g/mol. The van der Waals surface area contributed by atoms with E-state index in [0.717, 1.165) is 29.7 Å². The number of pyridine rings is 1. The van der Waals surface area contributed by atoms with Crippen LogP contribution in [0.3, 0.4) is 0 Å². The van der Waals surface area contributed by atoms with Crippen LogP contribution in [0.15, 0.2) is 24.4 Å². The minimum absolute atomic E-state index is 0.550. The van der Waals surface area contributed by atoms with Crippen LogP contribution in [0.25, 0.3) is 11.8 Å². The summed E-state index contributed by atoms with van der Waals surface area (Å²) in [5.74, 6) is 1.43. The molecule has 2 rings (SSSR count). The number of allylic oxidation sites excluding steroid dienone is 2. The van der Waals surface area contributed by atoms with E-state index in [1.807, 2.05) is 12.1 Å². The molecular weight excluding hydrogens is 188 g/mol. The van der Waals surface area contributed by atoms with Crippen molar-refractivity contribution in [3.8, 4) is 0 Å². The summed E-state index contributed by atoms with van der Waals surface area (Å²) in [4.78, 5) is 4.08. The highest BCUT2D eigenvalue weighted by Crippen LogP contribution is 2.26. The van der Waals surface area contributed by atoms with E-state index in [-0.39, 0.29) is 0 Å². The summed E-state index contributed by atoms with van der Waals surface area (Å²) in [5.41, 5.74) is 7.80. The molecule has 1 aliphatic rings. The number of nitrogen functional groups attached to an aromatic ring is 1. The topological polar surface area (TPSA) is 48.1 Å². The summed E-state index contributed by atoms with van der Waals surface area (Å²) >= 11 is 0. The summed E-state index contributed by atoms with van der Waals surface area (Å²) in [6, 6.07) is 1.93. The number of aromatic nitrogens is 1. The predicted octanol–water partition coefficient (Wildman–Crippen LogP) is 2.46. The smallest absolute Gasteiger partial charge is 0.131 e. The molecule has 3 heteroatoms. The molecule has 1 aromatic rings. The Hall–Kier alpha value is -1.77. The van der Waals surface area contributed by atoms with Crippen molar-refractivity contribution in [3.63, 3.8) is 0 Å². The molecule has 0 bridgehead atoms. The van der Waals surface area contributed by atoms with Crippen LogP contribution in [0.4, 0.5) is 5.82 Å². The Morgan fingerprint density at radius 1 is 1.40 bits per heavy atom. The van der Waals surface area contributed by atoms with Crippen LogP contribution in [0.2, 0.25) is 0 Å². The third-order valence-electron chi connectivity index (χ3n) is 2.45. The van der Waals surface area contributed by atoms with Crippen molar-refractivity contribution in [2.75, 3.05) is 12.8 Å². The fourth-order valence-corrected chi connectivity index (χ4v) is 1.69. The van der Waals surface area contributed by atoms with Gasteiger partial charge in [0.25, 0.3) is 0 Å². The van der Waals surface area contributed by atoms with Gasteiger partial charge in [0.05, 0.1) is 7.11 Å². The molecule has 3 nitrogen and oxygen atoms in total. The highest BCUT2D eigenvalue weighted by molar-refractivity contribution is 5.76. The normalized spacial score (nSPS) is 20.5. The van der Waals surface area contributed by atoms with Crippen LogP contribution in [-0.4, -0.2) is 12.1 Å². The second-order valence-electron chi connectivity index (χ2n) is 3.41. The van der Waals surface area contributed by atoms with Crippen LogP contribution >= 0.6 is 0 Å². The third kappa shape index (κ3) is 1.86. The maximum absolute atomic E-state index is 5.83. The Kier molecular flexibility index (Phi) is 2.72. The van der Waals surface area contributed by atoms with Crippen LogP contribution < -0.4 is 5.73 Å². The lowest BCUT2D eigenvalue weighted by Crippen LogP contribution is -2.00. The van der Waals surface area contributed by atoms with Crippen molar-refractivity contribution in [1.29, 1.82) is 0 Å². The number of ether oxygens (including phenoxy) is 1. The Balaban J connectivity index is 2.59. The van der Waals surface area contributed by atoms with Gasteiger partial charge in [0.15, 0.2) is 0 Å². The fraction of sp³-hybridized carbons (Fsp3) is 0.250. The molecule has 1 aromatic heterocycles. The predicted molar refractivity (Wildman–Crippen MR) is 61.9 cm³/mol. The molecule has 1 heterocycles. The van der Waals surface area contributed by atoms with Gasteiger partial charge in [-0.15, -0.1) is 0 Å². The maximum atomic E-state index is 5.83. The van der Waals surface area contributed by atoms with Crippen molar-refractivity contribution in [2.24, 2.45) is 0 Å². The van der Waals surface area contributed by atoms with E-state index >= 15 is 0 Å². The SMILES string of the molecule is CO/C1=C/CC/C=C\c2c1ccnc2N. The molecule has 0 spiro atoms. The second kappa shape index (κ2) is 4.17. The molecule has 2 N–H and O–H groups in total. The first-order chi connectivity index (χ1) is 7.33. The molecule has 0 radical (unpaired) electrons. The number of anilines is 1. The van der Waals surface area contributed by atoms with Gasteiger partial charge in [-0.1, -0.05) is 12.2 Å². The molecule has 15 heavy (non-hydrogen) atoms. The van der Waals surface area contributed by atoms with Gasteiger partial charge in [0, 0.05) is 17.3 Å². The van der Waals surface area contributed by atoms with Gasteiger partial charge in [-0.3, -0.25) is 0 Å². The molecule has 0 aliphatic heterocycles. The van der Waals surface area contributed by atoms with Gasteiger partial charge in [0.2, 0.25) is 0 Å². The summed E-state index contributed by atoms with van der Waals surface area (Å²) < 4.78 is 5.35. The van der Waals surface area contributed by atoms with E-state index in [2.05, 4.69) is 17.1 Å². The second-order valence-corrected chi connectivity index (χ2v) is 3.41. The lowest BCUT2D eigenvalue weighted by molar-refractivity contribution is 0.368. The number of nitrogens with two attached hydrogens (primary N) is 1. The lowest BCUT2D eigenvalue weighted by Gasteiger charge is -2.12. The molecule has 0 unspecified atom stereocenters. The highest BCUT2D eigenvalue weighted by Gasteiger charge is 2.10. The Morgan fingerprint density at radius 2 is 2.27 bits per heavy atom. The van der Waals surface area contributed by atoms with E-state index < -0.39 is 0 Å². The van der Waals surface area contributed by atoms with Crippen LogP contribution in [-0.2, 0) is 4.74 Å². The standard InChI is InChI=1S/C12H14N2O/c1-15-11-6-4-2-3-5-10-9(11)7-8-14-12(10)13/h3,5-8H,2,4H2,1H3,(H2,13,14)/b5-3-,11-6+. The van der Waals surface area contributed by atoms with Crippen molar-refractivity contribution in [3.05, 3.63) is 35.5 Å². The summed E-state index contributed by atoms with van der Waals surface area (Å²) in [6.07, 6.45) is 9.91. The fourth-order valence-electron chi connectivity index (χ4n) is 1.69. The zero-order valence-corrected chi connectivity index (χ0v) is 8.73. The number of fused-ring (bicyclic) bond motifs is 1. The zero-order chi connectivity index (χ0) is 10.7. The number of hydrogen-bond donors (Lipinski definition) is 1. The summed E-state index contributed by atoms with van der Waals surface area (Å²) in [6.45, 7) is 0. The quantitative estimate of drug-likeness (QED) is 0.761. The number of hydrogen-bond acceptors (Lipinski definition) is 3. The Labute approximate surface area is 89.3 Å². The first kappa shape index (κ1) is 9.77. The minimum atomic E-state index is 0.550. The molecule has 0 saturated heterocycles. The van der Waals surface area contributed by atoms with Crippen LogP contribution in [0.5, 0.6) is 0 Å².